The second-order valence-electron chi connectivity index (χ2n) is 4.66. The molecule has 2 N–H and O–H groups in total. The van der Waals surface area contributed by atoms with E-state index in [2.05, 4.69) is 18.2 Å². The van der Waals surface area contributed by atoms with E-state index < -0.39 is 0 Å². The SMILES string of the molecule is Nc1ccccc1OCC1OCCc2ccccc21. The van der Waals surface area contributed by atoms with Gasteiger partial charge in [-0.15, -0.1) is 0 Å². The minimum absolute atomic E-state index is 0.00967. The maximum absolute atomic E-state index is 5.86. The fraction of sp³-hybridized carbons (Fsp3) is 0.250. The topological polar surface area (TPSA) is 44.5 Å². The van der Waals surface area contributed by atoms with E-state index in [1.807, 2.05) is 30.3 Å². The molecule has 0 radical (unpaired) electrons. The molecule has 0 aromatic heterocycles. The van der Waals surface area contributed by atoms with Crippen LogP contribution in [0.3, 0.4) is 0 Å². The van der Waals surface area contributed by atoms with Crippen LogP contribution >= 0.6 is 0 Å². The lowest BCUT2D eigenvalue weighted by atomic mass is 9.98. The first kappa shape index (κ1) is 12.1. The quantitative estimate of drug-likeness (QED) is 0.858. The van der Waals surface area contributed by atoms with Crippen molar-refractivity contribution in [3.8, 4) is 5.75 Å². The van der Waals surface area contributed by atoms with Crippen LogP contribution in [-0.2, 0) is 11.2 Å². The molecule has 0 amide bonds. The molecule has 0 bridgehead atoms. The highest BCUT2D eigenvalue weighted by atomic mass is 16.5. The van der Waals surface area contributed by atoms with Crippen LogP contribution < -0.4 is 10.5 Å². The highest BCUT2D eigenvalue weighted by molar-refractivity contribution is 5.51. The van der Waals surface area contributed by atoms with Crippen molar-refractivity contribution in [2.24, 2.45) is 0 Å². The van der Waals surface area contributed by atoms with Gasteiger partial charge in [-0.05, 0) is 29.7 Å². The van der Waals surface area contributed by atoms with E-state index in [1.54, 1.807) is 0 Å². The fourth-order valence-electron chi connectivity index (χ4n) is 2.39. The van der Waals surface area contributed by atoms with Gasteiger partial charge in [0.15, 0.2) is 0 Å². The second kappa shape index (κ2) is 5.33. The molecule has 19 heavy (non-hydrogen) atoms. The number of fused-ring (bicyclic) bond motifs is 1. The van der Waals surface area contributed by atoms with Crippen molar-refractivity contribution in [1.82, 2.24) is 0 Å². The van der Waals surface area contributed by atoms with Gasteiger partial charge in [0.05, 0.1) is 12.3 Å². The summed E-state index contributed by atoms with van der Waals surface area (Å²) >= 11 is 0. The average Bonchev–Trinajstić information content (AvgIpc) is 2.46. The Morgan fingerprint density at radius 2 is 1.89 bits per heavy atom. The van der Waals surface area contributed by atoms with Gasteiger partial charge < -0.3 is 15.2 Å². The van der Waals surface area contributed by atoms with E-state index in [1.165, 1.54) is 11.1 Å². The van der Waals surface area contributed by atoms with Gasteiger partial charge >= 0.3 is 0 Å². The Hall–Kier alpha value is -2.00. The van der Waals surface area contributed by atoms with Crippen LogP contribution in [0.25, 0.3) is 0 Å². The van der Waals surface area contributed by atoms with Crippen LogP contribution in [0, 0.1) is 0 Å². The highest BCUT2D eigenvalue weighted by Gasteiger charge is 2.21. The average molecular weight is 255 g/mol. The van der Waals surface area contributed by atoms with E-state index in [0.29, 0.717) is 18.0 Å². The van der Waals surface area contributed by atoms with Crippen molar-refractivity contribution in [1.29, 1.82) is 0 Å². The molecule has 1 unspecified atom stereocenters. The van der Waals surface area contributed by atoms with E-state index in [9.17, 15) is 0 Å². The van der Waals surface area contributed by atoms with Crippen LogP contribution in [0.15, 0.2) is 48.5 Å². The van der Waals surface area contributed by atoms with Crippen LogP contribution in [-0.4, -0.2) is 13.2 Å². The van der Waals surface area contributed by atoms with Gasteiger partial charge in [0, 0.05) is 0 Å². The minimum Gasteiger partial charge on any atom is -0.488 e. The Morgan fingerprint density at radius 3 is 2.79 bits per heavy atom. The van der Waals surface area contributed by atoms with E-state index >= 15 is 0 Å². The lowest BCUT2D eigenvalue weighted by Crippen LogP contribution is -2.21. The Kier molecular flexibility index (Phi) is 3.38. The van der Waals surface area contributed by atoms with Gasteiger partial charge in [-0.2, -0.15) is 0 Å². The molecule has 1 heterocycles. The molecular weight excluding hydrogens is 238 g/mol. The van der Waals surface area contributed by atoms with Crippen LogP contribution in [0.5, 0.6) is 5.75 Å². The molecule has 1 aliphatic rings. The second-order valence-corrected chi connectivity index (χ2v) is 4.66. The van der Waals surface area contributed by atoms with Crippen molar-refractivity contribution in [3.63, 3.8) is 0 Å². The molecule has 0 fully saturated rings. The number of rotatable bonds is 3. The fourth-order valence-corrected chi connectivity index (χ4v) is 2.39. The first-order valence-corrected chi connectivity index (χ1v) is 6.51. The number of nitrogen functional groups attached to an aromatic ring is 1. The third-order valence-corrected chi connectivity index (χ3v) is 3.40. The van der Waals surface area contributed by atoms with Crippen molar-refractivity contribution < 1.29 is 9.47 Å². The maximum atomic E-state index is 5.86. The number of hydrogen-bond acceptors (Lipinski definition) is 3. The van der Waals surface area contributed by atoms with Crippen molar-refractivity contribution >= 4 is 5.69 Å². The summed E-state index contributed by atoms with van der Waals surface area (Å²) in [7, 11) is 0. The number of anilines is 1. The number of nitrogens with two attached hydrogens (primary N) is 1. The summed E-state index contributed by atoms with van der Waals surface area (Å²) in [6.07, 6.45) is 0.963. The highest BCUT2D eigenvalue weighted by Crippen LogP contribution is 2.28. The largest absolute Gasteiger partial charge is 0.488 e. The zero-order chi connectivity index (χ0) is 13.1. The standard InChI is InChI=1S/C16H17NO2/c17-14-7-3-4-8-15(14)19-11-16-13-6-2-1-5-12(13)9-10-18-16/h1-8,16H,9-11,17H2. The molecule has 2 aromatic rings. The molecule has 3 nitrogen and oxygen atoms in total. The molecule has 2 aromatic carbocycles. The predicted octanol–water partition coefficient (Wildman–Crippen LogP) is 2.96. The summed E-state index contributed by atoms with van der Waals surface area (Å²) in [5.74, 6) is 0.717. The third-order valence-electron chi connectivity index (χ3n) is 3.40. The molecule has 0 spiro atoms. The molecule has 98 valence electrons. The molecular formula is C16H17NO2. The summed E-state index contributed by atoms with van der Waals surface area (Å²) in [5.41, 5.74) is 9.10. The van der Waals surface area contributed by atoms with Crippen LogP contribution in [0.2, 0.25) is 0 Å². The number of benzene rings is 2. The van der Waals surface area contributed by atoms with Gasteiger partial charge in [0.25, 0.3) is 0 Å². The number of hydrogen-bond donors (Lipinski definition) is 1. The summed E-state index contributed by atoms with van der Waals surface area (Å²) in [6, 6.07) is 15.9. The van der Waals surface area contributed by atoms with Gasteiger partial charge in [-0.1, -0.05) is 36.4 Å². The Bertz CT molecular complexity index is 568. The Labute approximate surface area is 113 Å². The minimum atomic E-state index is -0.00967. The zero-order valence-electron chi connectivity index (χ0n) is 10.7. The Balaban J connectivity index is 1.73. The molecule has 1 atom stereocenters. The number of ether oxygens (including phenoxy) is 2. The monoisotopic (exact) mass is 255 g/mol. The summed E-state index contributed by atoms with van der Waals surface area (Å²) in [6.45, 7) is 1.24. The third kappa shape index (κ3) is 2.56. The molecule has 0 aliphatic carbocycles. The van der Waals surface area contributed by atoms with Crippen LogP contribution in [0.1, 0.15) is 17.2 Å². The first-order valence-electron chi connectivity index (χ1n) is 6.51. The van der Waals surface area contributed by atoms with E-state index in [0.717, 1.165) is 13.0 Å². The Morgan fingerprint density at radius 1 is 1.11 bits per heavy atom. The molecule has 1 aliphatic heterocycles. The van der Waals surface area contributed by atoms with Gasteiger partial charge in [0.2, 0.25) is 0 Å². The normalized spacial score (nSPS) is 17.8. The molecule has 3 rings (SSSR count). The van der Waals surface area contributed by atoms with Crippen LogP contribution in [0.4, 0.5) is 5.69 Å². The summed E-state index contributed by atoms with van der Waals surface area (Å²) < 4.78 is 11.6. The lowest BCUT2D eigenvalue weighted by Gasteiger charge is -2.26. The first-order chi connectivity index (χ1) is 9.34. The van der Waals surface area contributed by atoms with Crippen molar-refractivity contribution in [2.75, 3.05) is 18.9 Å². The van der Waals surface area contributed by atoms with Gasteiger partial charge in [0.1, 0.15) is 18.5 Å². The summed E-state index contributed by atoms with van der Waals surface area (Å²) in [4.78, 5) is 0. The molecule has 0 saturated heterocycles. The summed E-state index contributed by atoms with van der Waals surface area (Å²) in [5, 5.41) is 0. The van der Waals surface area contributed by atoms with Gasteiger partial charge in [-0.3, -0.25) is 0 Å². The predicted molar refractivity (Wildman–Crippen MR) is 75.2 cm³/mol. The van der Waals surface area contributed by atoms with Crippen molar-refractivity contribution in [2.45, 2.75) is 12.5 Å². The van der Waals surface area contributed by atoms with Crippen molar-refractivity contribution in [3.05, 3.63) is 59.7 Å². The zero-order valence-corrected chi connectivity index (χ0v) is 10.7. The van der Waals surface area contributed by atoms with Gasteiger partial charge in [-0.25, -0.2) is 0 Å². The maximum Gasteiger partial charge on any atom is 0.142 e. The smallest absolute Gasteiger partial charge is 0.142 e. The molecule has 3 heteroatoms. The lowest BCUT2D eigenvalue weighted by molar-refractivity contribution is 0.0104. The molecule has 0 saturated carbocycles. The van der Waals surface area contributed by atoms with E-state index in [-0.39, 0.29) is 6.10 Å². The van der Waals surface area contributed by atoms with E-state index in [4.69, 9.17) is 15.2 Å². The number of para-hydroxylation sites is 2.